The van der Waals surface area contributed by atoms with Crippen molar-refractivity contribution in [1.82, 2.24) is 19.7 Å². The van der Waals surface area contributed by atoms with Gasteiger partial charge in [0.05, 0.1) is 6.10 Å². The maximum absolute atomic E-state index is 13.4. The molecular formula is C22H18F2N4O2S. The van der Waals surface area contributed by atoms with Crippen LogP contribution in [-0.4, -0.2) is 43.3 Å². The Balaban J connectivity index is 1.50. The highest BCUT2D eigenvalue weighted by Crippen LogP contribution is 2.28. The van der Waals surface area contributed by atoms with Gasteiger partial charge in [-0.15, -0.1) is 10.2 Å². The molecule has 0 radical (unpaired) electrons. The van der Waals surface area contributed by atoms with Crippen LogP contribution in [0.4, 0.5) is 8.78 Å². The van der Waals surface area contributed by atoms with E-state index in [1.54, 1.807) is 29.1 Å². The fourth-order valence-corrected chi connectivity index (χ4v) is 3.67. The van der Waals surface area contributed by atoms with E-state index in [0.717, 1.165) is 5.56 Å². The molecule has 0 bridgehead atoms. The van der Waals surface area contributed by atoms with Gasteiger partial charge in [0.1, 0.15) is 24.0 Å². The average molecular weight is 440 g/mol. The summed E-state index contributed by atoms with van der Waals surface area (Å²) >= 11 is 1.30. The zero-order valence-corrected chi connectivity index (χ0v) is 17.0. The molecule has 0 saturated carbocycles. The van der Waals surface area contributed by atoms with E-state index in [1.807, 2.05) is 12.1 Å². The Hall–Kier alpha value is -3.30. The molecule has 1 atom stereocenters. The number of hydrogen-bond donors (Lipinski definition) is 1. The highest BCUT2D eigenvalue weighted by Gasteiger charge is 2.18. The van der Waals surface area contributed by atoms with Crippen molar-refractivity contribution >= 4 is 11.8 Å². The Kier molecular flexibility index (Phi) is 6.54. The number of rotatable bonds is 8. The first kappa shape index (κ1) is 21.0. The van der Waals surface area contributed by atoms with Gasteiger partial charge >= 0.3 is 0 Å². The van der Waals surface area contributed by atoms with Crippen molar-refractivity contribution < 1.29 is 18.6 Å². The van der Waals surface area contributed by atoms with Gasteiger partial charge in [0.25, 0.3) is 0 Å². The lowest BCUT2D eigenvalue weighted by Crippen LogP contribution is -2.20. The maximum Gasteiger partial charge on any atom is 0.196 e. The Morgan fingerprint density at radius 1 is 0.903 bits per heavy atom. The highest BCUT2D eigenvalue weighted by atomic mass is 32.2. The van der Waals surface area contributed by atoms with Crippen LogP contribution in [0, 0.1) is 11.6 Å². The third kappa shape index (κ3) is 5.25. The normalized spacial score (nSPS) is 12.0. The van der Waals surface area contributed by atoms with Gasteiger partial charge in [-0.3, -0.25) is 9.55 Å². The molecule has 0 fully saturated rings. The van der Waals surface area contributed by atoms with Crippen LogP contribution in [0.2, 0.25) is 0 Å². The molecule has 0 saturated heterocycles. The van der Waals surface area contributed by atoms with Crippen LogP contribution in [0.3, 0.4) is 0 Å². The van der Waals surface area contributed by atoms with Gasteiger partial charge in [-0.2, -0.15) is 0 Å². The van der Waals surface area contributed by atoms with Crippen molar-refractivity contribution in [3.05, 3.63) is 84.7 Å². The summed E-state index contributed by atoms with van der Waals surface area (Å²) in [4.78, 5) is 4.02. The van der Waals surface area contributed by atoms with Gasteiger partial charge < -0.3 is 9.84 Å². The highest BCUT2D eigenvalue weighted by molar-refractivity contribution is 7.99. The molecule has 158 valence electrons. The first-order chi connectivity index (χ1) is 15.1. The molecule has 6 nitrogen and oxygen atoms in total. The minimum absolute atomic E-state index is 0.0422. The number of ether oxygens (including phenoxy) is 1. The number of aromatic nitrogens is 4. The first-order valence-corrected chi connectivity index (χ1v) is 10.4. The molecule has 0 unspecified atom stereocenters. The number of nitrogens with zero attached hydrogens (tertiary/aromatic N) is 4. The minimum Gasteiger partial charge on any atom is -0.491 e. The number of halogens is 2. The quantitative estimate of drug-likeness (QED) is 0.415. The van der Waals surface area contributed by atoms with Crippen LogP contribution < -0.4 is 4.74 Å². The Morgan fingerprint density at radius 2 is 1.55 bits per heavy atom. The van der Waals surface area contributed by atoms with Crippen LogP contribution in [0.25, 0.3) is 17.1 Å². The molecule has 2 aromatic carbocycles. The SMILES string of the molecule is O[C@H](COc1ccc(F)cc1)CSc1nnc(-c2ccncc2)n1-c1ccc(F)cc1. The molecule has 4 aromatic rings. The number of benzene rings is 2. The lowest BCUT2D eigenvalue weighted by molar-refractivity contribution is 0.126. The number of thioether (sulfide) groups is 1. The van der Waals surface area contributed by atoms with E-state index in [4.69, 9.17) is 4.74 Å². The Morgan fingerprint density at radius 3 is 2.23 bits per heavy atom. The number of aliphatic hydroxyl groups is 1. The summed E-state index contributed by atoms with van der Waals surface area (Å²) in [5, 5.41) is 19.4. The van der Waals surface area contributed by atoms with Crippen LogP contribution >= 0.6 is 11.8 Å². The molecule has 1 N–H and O–H groups in total. The van der Waals surface area contributed by atoms with Crippen LogP contribution in [0.1, 0.15) is 0 Å². The molecule has 0 spiro atoms. The largest absolute Gasteiger partial charge is 0.491 e. The summed E-state index contributed by atoms with van der Waals surface area (Å²) in [5.74, 6) is 0.642. The second kappa shape index (κ2) is 9.67. The molecule has 2 aromatic heterocycles. The zero-order valence-electron chi connectivity index (χ0n) is 16.2. The summed E-state index contributed by atoms with van der Waals surface area (Å²) in [7, 11) is 0. The van der Waals surface area contributed by atoms with E-state index in [9.17, 15) is 13.9 Å². The average Bonchev–Trinajstić information content (AvgIpc) is 3.22. The van der Waals surface area contributed by atoms with Crippen molar-refractivity contribution in [2.75, 3.05) is 12.4 Å². The van der Waals surface area contributed by atoms with E-state index in [0.29, 0.717) is 22.4 Å². The smallest absolute Gasteiger partial charge is 0.196 e. The molecular weight excluding hydrogens is 422 g/mol. The summed E-state index contributed by atoms with van der Waals surface area (Å²) < 4.78 is 33.7. The fraction of sp³-hybridized carbons (Fsp3) is 0.136. The fourth-order valence-electron chi connectivity index (χ4n) is 2.82. The van der Waals surface area contributed by atoms with Gasteiger partial charge in [-0.1, -0.05) is 11.8 Å². The lowest BCUT2D eigenvalue weighted by atomic mass is 10.2. The van der Waals surface area contributed by atoms with Gasteiger partial charge in [0.2, 0.25) is 0 Å². The maximum atomic E-state index is 13.4. The molecule has 4 rings (SSSR count). The summed E-state index contributed by atoms with van der Waals surface area (Å²) in [6.45, 7) is 0.0422. The summed E-state index contributed by atoms with van der Waals surface area (Å²) in [6.07, 6.45) is 2.52. The second-order valence-corrected chi connectivity index (χ2v) is 7.57. The van der Waals surface area contributed by atoms with Crippen LogP contribution in [-0.2, 0) is 0 Å². The van der Waals surface area contributed by atoms with Gasteiger partial charge in [-0.25, -0.2) is 8.78 Å². The number of pyridine rings is 1. The van der Waals surface area contributed by atoms with Gasteiger partial charge in [-0.05, 0) is 60.7 Å². The molecule has 9 heteroatoms. The molecule has 0 aliphatic heterocycles. The summed E-state index contributed by atoms with van der Waals surface area (Å²) in [5.41, 5.74) is 1.50. The van der Waals surface area contributed by atoms with Crippen molar-refractivity contribution in [3.63, 3.8) is 0 Å². The van der Waals surface area contributed by atoms with Gasteiger partial charge in [0, 0.05) is 29.4 Å². The van der Waals surface area contributed by atoms with Crippen molar-refractivity contribution in [3.8, 4) is 22.8 Å². The third-order valence-corrected chi connectivity index (χ3v) is 5.39. The van der Waals surface area contributed by atoms with E-state index >= 15 is 0 Å². The standard InChI is InChI=1S/C22H18F2N4O2S/c23-16-1-5-18(6-2-16)28-21(15-9-11-25-12-10-15)26-27-22(28)31-14-19(29)13-30-20-7-3-17(24)4-8-20/h1-12,19,29H,13-14H2/t19-/m1/s1. The van der Waals surface area contributed by atoms with Crippen molar-refractivity contribution in [1.29, 1.82) is 0 Å². The van der Waals surface area contributed by atoms with Crippen LogP contribution in [0.5, 0.6) is 5.75 Å². The zero-order chi connectivity index (χ0) is 21.6. The molecule has 0 amide bonds. The topological polar surface area (TPSA) is 73.1 Å². The number of aliphatic hydroxyl groups excluding tert-OH is 1. The van der Waals surface area contributed by atoms with Crippen LogP contribution in [0.15, 0.2) is 78.2 Å². The lowest BCUT2D eigenvalue weighted by Gasteiger charge is -2.13. The van der Waals surface area contributed by atoms with E-state index < -0.39 is 6.10 Å². The molecule has 2 heterocycles. The number of hydrogen-bond acceptors (Lipinski definition) is 6. The van der Waals surface area contributed by atoms with E-state index in [1.165, 1.54) is 48.2 Å². The third-order valence-electron chi connectivity index (χ3n) is 4.32. The summed E-state index contributed by atoms with van der Waals surface area (Å²) in [6, 6.07) is 15.2. The van der Waals surface area contributed by atoms with Crippen molar-refractivity contribution in [2.24, 2.45) is 0 Å². The van der Waals surface area contributed by atoms with Crippen molar-refractivity contribution in [2.45, 2.75) is 11.3 Å². The predicted octanol–water partition coefficient (Wildman–Crippen LogP) is 4.14. The monoisotopic (exact) mass is 440 g/mol. The molecule has 31 heavy (non-hydrogen) atoms. The minimum atomic E-state index is -0.794. The molecule has 0 aliphatic rings. The van der Waals surface area contributed by atoms with E-state index in [-0.39, 0.29) is 24.0 Å². The first-order valence-electron chi connectivity index (χ1n) is 9.41. The Labute approximate surface area is 181 Å². The Bertz CT molecular complexity index is 1120. The van der Waals surface area contributed by atoms with E-state index in [2.05, 4.69) is 15.2 Å². The molecule has 0 aliphatic carbocycles. The predicted molar refractivity (Wildman–Crippen MR) is 113 cm³/mol. The second-order valence-electron chi connectivity index (χ2n) is 6.58. The van der Waals surface area contributed by atoms with Gasteiger partial charge in [0.15, 0.2) is 11.0 Å².